The molecule has 0 bridgehead atoms. The van der Waals surface area contributed by atoms with Crippen LogP contribution in [0.1, 0.15) is 43.7 Å². The lowest BCUT2D eigenvalue weighted by molar-refractivity contribution is 0.126. The number of pyridine rings is 1. The van der Waals surface area contributed by atoms with Gasteiger partial charge >= 0.3 is 0 Å². The molecular formula is C22H27FN4OS. The summed E-state index contributed by atoms with van der Waals surface area (Å²) in [4.78, 5) is 5.99. The van der Waals surface area contributed by atoms with Crippen LogP contribution in [0, 0.1) is 5.82 Å². The maximum absolute atomic E-state index is 13.4. The van der Waals surface area contributed by atoms with E-state index in [1.165, 1.54) is 12.1 Å². The number of nitrogens with one attached hydrogen (secondary N) is 2. The van der Waals surface area contributed by atoms with Gasteiger partial charge in [-0.05, 0) is 69.0 Å². The molecule has 2 aliphatic rings. The first-order valence-electron chi connectivity index (χ1n) is 9.99. The Labute approximate surface area is 176 Å². The van der Waals surface area contributed by atoms with Crippen LogP contribution in [0.5, 0.6) is 0 Å². The first-order chi connectivity index (χ1) is 13.8. The van der Waals surface area contributed by atoms with E-state index in [-0.39, 0.29) is 11.9 Å². The van der Waals surface area contributed by atoms with Gasteiger partial charge in [-0.15, -0.1) is 12.6 Å². The summed E-state index contributed by atoms with van der Waals surface area (Å²) in [5.74, 6) is 0.555. The van der Waals surface area contributed by atoms with E-state index in [1.807, 2.05) is 26.1 Å². The molecule has 2 heterocycles. The third-order valence-corrected chi connectivity index (χ3v) is 6.21. The first kappa shape index (κ1) is 20.0. The molecule has 5 nitrogen and oxygen atoms in total. The zero-order valence-corrected chi connectivity index (χ0v) is 17.6. The first-order valence-corrected chi connectivity index (χ1v) is 10.4. The molecule has 1 saturated carbocycles. The Hall–Kier alpha value is -2.25. The van der Waals surface area contributed by atoms with Gasteiger partial charge in [0.25, 0.3) is 0 Å². The van der Waals surface area contributed by atoms with Crippen molar-refractivity contribution in [2.24, 2.45) is 0 Å². The Balaban J connectivity index is 1.67. The van der Waals surface area contributed by atoms with Crippen molar-refractivity contribution in [2.45, 2.75) is 49.7 Å². The van der Waals surface area contributed by atoms with E-state index in [0.717, 1.165) is 54.0 Å². The Bertz CT molecular complexity index is 907. The number of hydrogen-bond donors (Lipinski definition) is 4. The molecule has 1 aliphatic carbocycles. The highest BCUT2D eigenvalue weighted by molar-refractivity contribution is 7.81. The minimum Gasteiger partial charge on any atom is -0.393 e. The molecule has 1 aliphatic heterocycles. The summed E-state index contributed by atoms with van der Waals surface area (Å²) in [6, 6.07) is 10.8. The van der Waals surface area contributed by atoms with Crippen molar-refractivity contribution < 1.29 is 9.50 Å². The molecule has 29 heavy (non-hydrogen) atoms. The number of nitrogens with zero attached hydrogens (tertiary/aromatic N) is 2. The van der Waals surface area contributed by atoms with Crippen molar-refractivity contribution in [2.75, 3.05) is 12.4 Å². The molecule has 3 N–H and O–H groups in total. The van der Waals surface area contributed by atoms with E-state index in [0.29, 0.717) is 6.04 Å². The van der Waals surface area contributed by atoms with Gasteiger partial charge < -0.3 is 20.6 Å². The third kappa shape index (κ3) is 4.21. The molecule has 0 radical (unpaired) electrons. The van der Waals surface area contributed by atoms with Crippen molar-refractivity contribution in [3.8, 4) is 0 Å². The lowest BCUT2D eigenvalue weighted by Crippen LogP contribution is -2.42. The van der Waals surface area contributed by atoms with Crippen LogP contribution in [-0.2, 0) is 0 Å². The van der Waals surface area contributed by atoms with Crippen LogP contribution in [0.2, 0.25) is 0 Å². The number of aromatic nitrogens is 1. The molecule has 154 valence electrons. The zero-order chi connectivity index (χ0) is 20.6. The predicted octanol–water partition coefficient (Wildman–Crippen LogP) is 3.90. The smallest absolute Gasteiger partial charge is 0.153 e. The standard InChI is InChI=1S/C22H27FN4OS/c1-22(29)26-20(14-3-5-16(23)6-4-14)21(27(22)2)15-11-12-24-19(13-15)25-17-7-9-18(28)10-8-17/h3-6,11-13,17-18,26,28-29H,7-10H2,1-2H3,(H,24,25). The molecule has 1 fully saturated rings. The molecule has 4 rings (SSSR count). The Morgan fingerprint density at radius 1 is 1.17 bits per heavy atom. The van der Waals surface area contributed by atoms with Gasteiger partial charge in [0.2, 0.25) is 0 Å². The van der Waals surface area contributed by atoms with Crippen LogP contribution in [0.15, 0.2) is 42.6 Å². The highest BCUT2D eigenvalue weighted by atomic mass is 32.1. The number of rotatable bonds is 4. The third-order valence-electron chi connectivity index (χ3n) is 5.80. The molecule has 1 aromatic carbocycles. The van der Waals surface area contributed by atoms with E-state index in [2.05, 4.69) is 20.5 Å². The average Bonchev–Trinajstić information content (AvgIpc) is 2.94. The second-order valence-electron chi connectivity index (χ2n) is 8.01. The van der Waals surface area contributed by atoms with Crippen LogP contribution in [0.25, 0.3) is 11.4 Å². The number of hydrogen-bond acceptors (Lipinski definition) is 6. The van der Waals surface area contributed by atoms with Gasteiger partial charge in [0.05, 0.1) is 17.5 Å². The van der Waals surface area contributed by atoms with Crippen molar-refractivity contribution >= 4 is 29.8 Å². The van der Waals surface area contributed by atoms with E-state index in [1.54, 1.807) is 18.3 Å². The molecule has 0 saturated heterocycles. The van der Waals surface area contributed by atoms with Crippen LogP contribution in [-0.4, -0.2) is 39.2 Å². The Morgan fingerprint density at radius 2 is 1.86 bits per heavy atom. The van der Waals surface area contributed by atoms with Crippen molar-refractivity contribution in [3.63, 3.8) is 0 Å². The topological polar surface area (TPSA) is 60.4 Å². The molecule has 1 unspecified atom stereocenters. The van der Waals surface area contributed by atoms with Gasteiger partial charge in [-0.1, -0.05) is 0 Å². The normalized spacial score (nSPS) is 27.1. The van der Waals surface area contributed by atoms with Crippen molar-refractivity contribution in [1.29, 1.82) is 0 Å². The number of thiol groups is 1. The summed E-state index contributed by atoms with van der Waals surface area (Å²) in [5, 5.41) is 16.7. The second kappa shape index (κ2) is 7.88. The van der Waals surface area contributed by atoms with Gasteiger partial charge in [-0.25, -0.2) is 9.37 Å². The van der Waals surface area contributed by atoms with Gasteiger partial charge in [0.15, 0.2) is 4.99 Å². The number of halogens is 1. The SMILES string of the molecule is CN1C(c2ccnc(NC3CCC(O)CC3)c2)=C(c2ccc(F)cc2)NC1(C)S. The Morgan fingerprint density at radius 3 is 2.55 bits per heavy atom. The summed E-state index contributed by atoms with van der Waals surface area (Å²) in [5.41, 5.74) is 3.80. The number of anilines is 1. The molecule has 0 spiro atoms. The van der Waals surface area contributed by atoms with Gasteiger partial charge in [-0.2, -0.15) is 0 Å². The highest BCUT2D eigenvalue weighted by Crippen LogP contribution is 2.40. The zero-order valence-electron chi connectivity index (χ0n) is 16.7. The van der Waals surface area contributed by atoms with Crippen LogP contribution in [0.4, 0.5) is 10.2 Å². The lowest BCUT2D eigenvalue weighted by Gasteiger charge is -2.31. The predicted molar refractivity (Wildman–Crippen MR) is 118 cm³/mol. The molecule has 1 atom stereocenters. The molecular weight excluding hydrogens is 387 g/mol. The van der Waals surface area contributed by atoms with Crippen LogP contribution in [0.3, 0.4) is 0 Å². The molecule has 2 aromatic rings. The molecule has 7 heteroatoms. The maximum Gasteiger partial charge on any atom is 0.153 e. The summed E-state index contributed by atoms with van der Waals surface area (Å²) in [6.07, 6.45) is 5.14. The summed E-state index contributed by atoms with van der Waals surface area (Å²) < 4.78 is 13.4. The number of benzene rings is 1. The van der Waals surface area contributed by atoms with E-state index >= 15 is 0 Å². The van der Waals surface area contributed by atoms with Crippen LogP contribution < -0.4 is 10.6 Å². The summed E-state index contributed by atoms with van der Waals surface area (Å²) >= 11 is 4.77. The quantitative estimate of drug-likeness (QED) is 0.572. The fraction of sp³-hybridized carbons (Fsp3) is 0.409. The van der Waals surface area contributed by atoms with Gasteiger partial charge in [-0.3, -0.25) is 0 Å². The van der Waals surface area contributed by atoms with Gasteiger partial charge in [0, 0.05) is 30.4 Å². The monoisotopic (exact) mass is 414 g/mol. The molecule has 1 aromatic heterocycles. The van der Waals surface area contributed by atoms with E-state index < -0.39 is 4.99 Å². The Kier molecular flexibility index (Phi) is 5.44. The van der Waals surface area contributed by atoms with Crippen molar-refractivity contribution in [1.82, 2.24) is 15.2 Å². The largest absolute Gasteiger partial charge is 0.393 e. The van der Waals surface area contributed by atoms with E-state index in [9.17, 15) is 9.50 Å². The summed E-state index contributed by atoms with van der Waals surface area (Å²) in [6.45, 7) is 1.99. The molecule has 0 amide bonds. The summed E-state index contributed by atoms with van der Waals surface area (Å²) in [7, 11) is 1.99. The fourth-order valence-electron chi connectivity index (χ4n) is 4.01. The highest BCUT2D eigenvalue weighted by Gasteiger charge is 2.37. The minimum atomic E-state index is -0.574. The minimum absolute atomic E-state index is 0.179. The fourth-order valence-corrected chi connectivity index (χ4v) is 4.23. The second-order valence-corrected chi connectivity index (χ2v) is 8.89. The lowest BCUT2D eigenvalue weighted by atomic mass is 9.93. The average molecular weight is 415 g/mol. The maximum atomic E-state index is 13.4. The van der Waals surface area contributed by atoms with Gasteiger partial charge in [0.1, 0.15) is 11.6 Å². The van der Waals surface area contributed by atoms with Crippen LogP contribution >= 0.6 is 12.6 Å². The number of aliphatic hydroxyl groups is 1. The van der Waals surface area contributed by atoms with E-state index in [4.69, 9.17) is 12.6 Å². The number of aliphatic hydroxyl groups excluding tert-OH is 1. The van der Waals surface area contributed by atoms with Crippen molar-refractivity contribution in [3.05, 3.63) is 59.5 Å².